The lowest BCUT2D eigenvalue weighted by molar-refractivity contribution is 0.0933. The van der Waals surface area contributed by atoms with E-state index < -0.39 is 0 Å². The third-order valence-corrected chi connectivity index (χ3v) is 3.57. The first-order valence-electron chi connectivity index (χ1n) is 5.98. The summed E-state index contributed by atoms with van der Waals surface area (Å²) in [6.45, 7) is 2.30. The SMILES string of the molecule is Cc1cc(C(=O)NC[C@@H](c2ccsc2)N(C)C)no1. The van der Waals surface area contributed by atoms with E-state index in [0.717, 1.165) is 0 Å². The number of nitrogens with one attached hydrogen (secondary N) is 1. The number of aryl methyl sites for hydroxylation is 1. The van der Waals surface area contributed by atoms with Crippen LogP contribution in [0.5, 0.6) is 0 Å². The van der Waals surface area contributed by atoms with Gasteiger partial charge in [0.25, 0.3) is 5.91 Å². The van der Waals surface area contributed by atoms with Crippen LogP contribution in [-0.2, 0) is 0 Å². The molecular formula is C13H17N3O2S. The van der Waals surface area contributed by atoms with Gasteiger partial charge in [-0.15, -0.1) is 0 Å². The monoisotopic (exact) mass is 279 g/mol. The van der Waals surface area contributed by atoms with Gasteiger partial charge in [-0.25, -0.2) is 0 Å². The van der Waals surface area contributed by atoms with Crippen molar-refractivity contribution in [3.8, 4) is 0 Å². The summed E-state index contributed by atoms with van der Waals surface area (Å²) in [7, 11) is 3.99. The molecule has 0 unspecified atom stereocenters. The van der Waals surface area contributed by atoms with Gasteiger partial charge >= 0.3 is 0 Å². The first kappa shape index (κ1) is 13.8. The maximum Gasteiger partial charge on any atom is 0.273 e. The van der Waals surface area contributed by atoms with E-state index in [2.05, 4.69) is 26.8 Å². The molecule has 2 rings (SSSR count). The molecule has 1 N–H and O–H groups in total. The van der Waals surface area contributed by atoms with Crippen LogP contribution in [-0.4, -0.2) is 36.6 Å². The number of carbonyl (C=O) groups is 1. The summed E-state index contributed by atoms with van der Waals surface area (Å²) in [5, 5.41) is 10.7. The number of aromatic nitrogens is 1. The lowest BCUT2D eigenvalue weighted by atomic mass is 10.1. The summed E-state index contributed by atoms with van der Waals surface area (Å²) in [4.78, 5) is 14.0. The average molecular weight is 279 g/mol. The van der Waals surface area contributed by atoms with Crippen molar-refractivity contribution in [1.29, 1.82) is 0 Å². The van der Waals surface area contributed by atoms with E-state index in [1.807, 2.05) is 19.5 Å². The van der Waals surface area contributed by atoms with E-state index in [-0.39, 0.29) is 11.9 Å². The van der Waals surface area contributed by atoms with Gasteiger partial charge in [0.1, 0.15) is 5.76 Å². The second-order valence-electron chi connectivity index (χ2n) is 4.57. The highest BCUT2D eigenvalue weighted by Gasteiger charge is 2.17. The van der Waals surface area contributed by atoms with Gasteiger partial charge in [-0.3, -0.25) is 4.79 Å². The van der Waals surface area contributed by atoms with Crippen LogP contribution in [0, 0.1) is 6.92 Å². The van der Waals surface area contributed by atoms with Crippen LogP contribution >= 0.6 is 11.3 Å². The van der Waals surface area contributed by atoms with Gasteiger partial charge in [0.2, 0.25) is 0 Å². The number of likely N-dealkylation sites (N-methyl/N-ethyl adjacent to an activating group) is 1. The molecule has 19 heavy (non-hydrogen) atoms. The summed E-state index contributed by atoms with van der Waals surface area (Å²) >= 11 is 1.65. The van der Waals surface area contributed by atoms with Gasteiger partial charge in [0.05, 0.1) is 6.04 Å². The standard InChI is InChI=1S/C13H17N3O2S/c1-9-6-11(15-18-9)13(17)14-7-12(16(2)3)10-4-5-19-8-10/h4-6,8,12H,7H2,1-3H3,(H,14,17)/t12-/m0/s1. The van der Waals surface area contributed by atoms with E-state index in [0.29, 0.717) is 18.0 Å². The van der Waals surface area contributed by atoms with E-state index in [1.54, 1.807) is 24.3 Å². The number of rotatable bonds is 5. The molecule has 0 aromatic carbocycles. The van der Waals surface area contributed by atoms with Gasteiger partial charge in [0, 0.05) is 12.6 Å². The van der Waals surface area contributed by atoms with Gasteiger partial charge < -0.3 is 14.7 Å². The summed E-state index contributed by atoms with van der Waals surface area (Å²) in [6, 6.07) is 3.86. The Bertz CT molecular complexity index is 534. The number of nitrogens with zero attached hydrogens (tertiary/aromatic N) is 2. The molecule has 2 aromatic heterocycles. The Morgan fingerprint density at radius 3 is 2.89 bits per heavy atom. The summed E-state index contributed by atoms with van der Waals surface area (Å²) in [5.41, 5.74) is 1.52. The fraction of sp³-hybridized carbons (Fsp3) is 0.385. The number of amides is 1. The second kappa shape index (κ2) is 5.99. The van der Waals surface area contributed by atoms with Gasteiger partial charge in [-0.1, -0.05) is 5.16 Å². The zero-order valence-corrected chi connectivity index (χ0v) is 12.0. The summed E-state index contributed by atoms with van der Waals surface area (Å²) in [6.07, 6.45) is 0. The Balaban J connectivity index is 1.98. The molecule has 1 atom stereocenters. The average Bonchev–Trinajstić information content (AvgIpc) is 3.00. The lowest BCUT2D eigenvalue weighted by Crippen LogP contribution is -2.34. The minimum Gasteiger partial charge on any atom is -0.361 e. The normalized spacial score (nSPS) is 12.6. The quantitative estimate of drug-likeness (QED) is 0.910. The predicted molar refractivity (Wildman–Crippen MR) is 74.3 cm³/mol. The van der Waals surface area contributed by atoms with Crippen LogP contribution in [0.3, 0.4) is 0 Å². The molecule has 0 aliphatic rings. The third-order valence-electron chi connectivity index (χ3n) is 2.87. The number of hydrogen-bond donors (Lipinski definition) is 1. The molecule has 1 amide bonds. The molecule has 0 radical (unpaired) electrons. The van der Waals surface area contributed by atoms with Crippen LogP contribution in [0.1, 0.15) is 27.9 Å². The van der Waals surface area contributed by atoms with Gasteiger partial charge in [-0.05, 0) is 43.4 Å². The lowest BCUT2D eigenvalue weighted by Gasteiger charge is -2.23. The molecule has 0 aliphatic heterocycles. The molecule has 2 heterocycles. The topological polar surface area (TPSA) is 58.4 Å². The van der Waals surface area contributed by atoms with Crippen molar-refractivity contribution in [1.82, 2.24) is 15.4 Å². The minimum atomic E-state index is -0.209. The molecule has 0 saturated heterocycles. The van der Waals surface area contributed by atoms with Gasteiger partial charge in [0.15, 0.2) is 5.69 Å². The second-order valence-corrected chi connectivity index (χ2v) is 5.35. The van der Waals surface area contributed by atoms with Gasteiger partial charge in [-0.2, -0.15) is 11.3 Å². The van der Waals surface area contributed by atoms with Crippen molar-refractivity contribution in [2.75, 3.05) is 20.6 Å². The van der Waals surface area contributed by atoms with Crippen molar-refractivity contribution in [3.63, 3.8) is 0 Å². The highest BCUT2D eigenvalue weighted by molar-refractivity contribution is 7.07. The first-order chi connectivity index (χ1) is 9.08. The summed E-state index contributed by atoms with van der Waals surface area (Å²) < 4.78 is 4.89. The van der Waals surface area contributed by atoms with Crippen molar-refractivity contribution >= 4 is 17.2 Å². The molecule has 0 fully saturated rings. The highest BCUT2D eigenvalue weighted by atomic mass is 32.1. The van der Waals surface area contributed by atoms with Crippen molar-refractivity contribution < 1.29 is 9.32 Å². The summed E-state index contributed by atoms with van der Waals surface area (Å²) in [5.74, 6) is 0.422. The van der Waals surface area contributed by atoms with E-state index >= 15 is 0 Å². The molecule has 0 spiro atoms. The fourth-order valence-electron chi connectivity index (χ4n) is 1.82. The zero-order chi connectivity index (χ0) is 13.8. The molecule has 5 nitrogen and oxygen atoms in total. The minimum absolute atomic E-state index is 0.156. The van der Waals surface area contributed by atoms with Crippen LogP contribution in [0.25, 0.3) is 0 Å². The first-order valence-corrected chi connectivity index (χ1v) is 6.92. The zero-order valence-electron chi connectivity index (χ0n) is 11.2. The van der Waals surface area contributed by atoms with E-state index in [4.69, 9.17) is 4.52 Å². The maximum atomic E-state index is 11.9. The van der Waals surface area contributed by atoms with E-state index in [1.165, 1.54) is 5.56 Å². The Hall–Kier alpha value is -1.66. The third kappa shape index (κ3) is 3.42. The van der Waals surface area contributed by atoms with Crippen molar-refractivity contribution in [3.05, 3.63) is 39.9 Å². The molecule has 0 bridgehead atoms. The van der Waals surface area contributed by atoms with Crippen LogP contribution < -0.4 is 5.32 Å². The smallest absolute Gasteiger partial charge is 0.273 e. The van der Waals surface area contributed by atoms with Crippen molar-refractivity contribution in [2.24, 2.45) is 0 Å². The fourth-order valence-corrected chi connectivity index (χ4v) is 2.52. The predicted octanol–water partition coefficient (Wildman–Crippen LogP) is 2.08. The molecule has 102 valence electrons. The highest BCUT2D eigenvalue weighted by Crippen LogP contribution is 2.20. The molecule has 2 aromatic rings. The van der Waals surface area contributed by atoms with Crippen molar-refractivity contribution in [2.45, 2.75) is 13.0 Å². The van der Waals surface area contributed by atoms with Crippen LogP contribution in [0.2, 0.25) is 0 Å². The maximum absolute atomic E-state index is 11.9. The molecule has 0 saturated carbocycles. The Kier molecular flexibility index (Phi) is 4.34. The number of hydrogen-bond acceptors (Lipinski definition) is 5. The van der Waals surface area contributed by atoms with Crippen LogP contribution in [0.15, 0.2) is 27.4 Å². The molecular weight excluding hydrogens is 262 g/mol. The largest absolute Gasteiger partial charge is 0.361 e. The Labute approximate surface area is 116 Å². The molecule has 0 aliphatic carbocycles. The Morgan fingerprint density at radius 2 is 2.37 bits per heavy atom. The Morgan fingerprint density at radius 1 is 1.58 bits per heavy atom. The molecule has 6 heteroatoms. The number of carbonyl (C=O) groups excluding carboxylic acids is 1. The number of thiophene rings is 1. The van der Waals surface area contributed by atoms with Crippen LogP contribution in [0.4, 0.5) is 0 Å². The van der Waals surface area contributed by atoms with E-state index in [9.17, 15) is 4.79 Å².